The molecule has 2 aliphatic carbocycles. The third-order valence-electron chi connectivity index (χ3n) is 13.1. The molecule has 5 heterocycles. The first kappa shape index (κ1) is 41.1. The van der Waals surface area contributed by atoms with Crippen LogP contribution in [0.15, 0.2) is 54.7 Å². The van der Waals surface area contributed by atoms with Crippen LogP contribution in [0, 0.1) is 29.5 Å². The molecule has 1 aromatic heterocycles. The maximum Gasteiger partial charge on any atom is 0.416 e. The number of hydrogen-bond acceptors (Lipinski definition) is 9. The monoisotopic (exact) mass is 852 g/mol. The lowest BCUT2D eigenvalue weighted by Gasteiger charge is -2.51. The van der Waals surface area contributed by atoms with Crippen molar-refractivity contribution in [1.82, 2.24) is 24.9 Å². The Kier molecular flexibility index (Phi) is 10.9. The van der Waals surface area contributed by atoms with Crippen LogP contribution in [0.4, 0.5) is 28.0 Å². The van der Waals surface area contributed by atoms with E-state index in [9.17, 15) is 32.3 Å². The zero-order chi connectivity index (χ0) is 42.6. The van der Waals surface area contributed by atoms with Gasteiger partial charge in [-0.2, -0.15) is 18.3 Å². The minimum absolute atomic E-state index is 0.00876. The molecule has 3 saturated heterocycles. The van der Waals surface area contributed by atoms with Gasteiger partial charge in [-0.3, -0.25) is 19.1 Å². The smallest absolute Gasteiger partial charge is 0.416 e. The topological polar surface area (TPSA) is 154 Å². The van der Waals surface area contributed by atoms with Crippen molar-refractivity contribution in [3.63, 3.8) is 0 Å². The van der Waals surface area contributed by atoms with Crippen LogP contribution in [0.3, 0.4) is 0 Å². The van der Waals surface area contributed by atoms with E-state index in [4.69, 9.17) is 18.9 Å². The molecule has 4 atom stereocenters. The molecule has 6 aliphatic rings. The van der Waals surface area contributed by atoms with Crippen LogP contribution >= 0.6 is 0 Å². The number of halogens is 4. The van der Waals surface area contributed by atoms with E-state index in [1.807, 2.05) is 30.3 Å². The van der Waals surface area contributed by atoms with Crippen LogP contribution in [-0.4, -0.2) is 106 Å². The van der Waals surface area contributed by atoms with Crippen LogP contribution in [0.2, 0.25) is 0 Å². The van der Waals surface area contributed by atoms with E-state index in [-0.39, 0.29) is 92.6 Å². The molecule has 3 unspecified atom stereocenters. The number of anilines is 1. The van der Waals surface area contributed by atoms with Crippen LogP contribution in [0.5, 0.6) is 5.75 Å². The van der Waals surface area contributed by atoms with Gasteiger partial charge in [0.2, 0.25) is 5.91 Å². The molecule has 2 saturated carbocycles. The number of carbonyl (C=O) groups excluding carboxylic acids is 4. The molecule has 18 heteroatoms. The maximum atomic E-state index is 16.5. The summed E-state index contributed by atoms with van der Waals surface area (Å²) in [6, 6.07) is 11.1. The van der Waals surface area contributed by atoms with E-state index in [0.29, 0.717) is 0 Å². The number of aromatic nitrogens is 2. The van der Waals surface area contributed by atoms with Crippen molar-refractivity contribution in [3.05, 3.63) is 77.4 Å². The van der Waals surface area contributed by atoms with Crippen molar-refractivity contribution < 1.29 is 55.7 Å². The van der Waals surface area contributed by atoms with Gasteiger partial charge in [0.05, 0.1) is 31.5 Å². The SMILES string of the molecule is Cn1nccc1C(=O)N[C@H](C(=O)Nc1cc2c(cc1F)C(N1CC(C(F)(F)F)OC(C3COC3)C1=O)CC1(CCN(C(=O)OCc3ccccc3)CC1)O2)C(C1CC1)C1CC1. The van der Waals surface area contributed by atoms with Crippen molar-refractivity contribution in [3.8, 4) is 5.75 Å². The van der Waals surface area contributed by atoms with Crippen molar-refractivity contribution in [2.75, 3.05) is 38.2 Å². The number of aryl methyl sites for hydroxylation is 1. The highest BCUT2D eigenvalue weighted by atomic mass is 19.4. The average molecular weight is 853 g/mol. The summed E-state index contributed by atoms with van der Waals surface area (Å²) in [5.41, 5.74) is -0.151. The molecule has 2 N–H and O–H groups in total. The molecule has 9 rings (SSSR count). The van der Waals surface area contributed by atoms with Gasteiger partial charge >= 0.3 is 12.3 Å². The van der Waals surface area contributed by atoms with E-state index in [1.165, 1.54) is 27.9 Å². The normalized spacial score (nSPS) is 24.4. The number of alkyl halides is 3. The standard InChI is InChI=1S/C43H48F4N6O8/c1-51-31(11-14-48-51)38(54)50-36(35(25-7-8-25)26-9-10-26)39(55)49-30-18-33-28(17-29(30)44)32(53-20-34(43(45,46)47)60-37(40(53)56)27-22-58-23-27)19-42(61-33)12-15-52(16-13-42)41(57)59-21-24-5-3-2-4-6-24/h2-6,11,14,17-18,25-27,32,34-37H,7-10,12-13,15-16,19-23H2,1H3,(H,49,55)(H,50,54)/t32?,34?,36-,37?/m0/s1. The molecule has 4 aliphatic heterocycles. The Morgan fingerprint density at radius 2 is 1.72 bits per heavy atom. The summed E-state index contributed by atoms with van der Waals surface area (Å²) in [6.07, 6.45) is -3.53. The largest absolute Gasteiger partial charge is 0.487 e. The zero-order valence-corrected chi connectivity index (χ0v) is 33.6. The van der Waals surface area contributed by atoms with Crippen molar-refractivity contribution in [1.29, 1.82) is 0 Å². The molecule has 4 amide bonds. The summed E-state index contributed by atoms with van der Waals surface area (Å²) in [6.45, 7) is -0.298. The van der Waals surface area contributed by atoms with Gasteiger partial charge in [-0.05, 0) is 61.1 Å². The van der Waals surface area contributed by atoms with Gasteiger partial charge in [-0.25, -0.2) is 9.18 Å². The van der Waals surface area contributed by atoms with Crippen LogP contribution in [0.25, 0.3) is 0 Å². The van der Waals surface area contributed by atoms with Crippen LogP contribution in [0.1, 0.15) is 72.6 Å². The second-order valence-corrected chi connectivity index (χ2v) is 17.3. The molecular formula is C43H48F4N6O8. The highest BCUT2D eigenvalue weighted by Crippen LogP contribution is 2.52. The second-order valence-electron chi connectivity index (χ2n) is 17.3. The lowest BCUT2D eigenvalue weighted by molar-refractivity contribution is -0.267. The van der Waals surface area contributed by atoms with Gasteiger partial charge in [-0.1, -0.05) is 30.3 Å². The lowest BCUT2D eigenvalue weighted by Crippen LogP contribution is -2.62. The summed E-state index contributed by atoms with van der Waals surface area (Å²) >= 11 is 0. The third-order valence-corrected chi connectivity index (χ3v) is 13.1. The summed E-state index contributed by atoms with van der Waals surface area (Å²) in [4.78, 5) is 57.8. The summed E-state index contributed by atoms with van der Waals surface area (Å²) in [7, 11) is 1.61. The minimum Gasteiger partial charge on any atom is -0.487 e. The van der Waals surface area contributed by atoms with E-state index >= 15 is 4.39 Å². The fourth-order valence-corrected chi connectivity index (χ4v) is 9.41. The molecule has 0 radical (unpaired) electrons. The fourth-order valence-electron chi connectivity index (χ4n) is 9.41. The number of benzene rings is 2. The Morgan fingerprint density at radius 1 is 1.02 bits per heavy atom. The number of rotatable bonds is 11. The highest BCUT2D eigenvalue weighted by molar-refractivity contribution is 6.01. The van der Waals surface area contributed by atoms with Gasteiger partial charge in [0, 0.05) is 63.1 Å². The van der Waals surface area contributed by atoms with Crippen molar-refractivity contribution in [2.24, 2.45) is 30.7 Å². The number of fused-ring (bicyclic) bond motifs is 1. The van der Waals surface area contributed by atoms with E-state index in [0.717, 1.165) is 42.2 Å². The van der Waals surface area contributed by atoms with Gasteiger partial charge in [-0.15, -0.1) is 0 Å². The van der Waals surface area contributed by atoms with E-state index < -0.39 is 78.2 Å². The number of likely N-dealkylation sites (tertiary alicyclic amines) is 1. The highest BCUT2D eigenvalue weighted by Gasteiger charge is 2.56. The molecule has 61 heavy (non-hydrogen) atoms. The Bertz CT molecular complexity index is 2140. The molecule has 3 aromatic rings. The maximum absolute atomic E-state index is 16.5. The number of nitrogens with zero attached hydrogens (tertiary/aromatic N) is 4. The van der Waals surface area contributed by atoms with Gasteiger partial charge in [0.25, 0.3) is 11.8 Å². The van der Waals surface area contributed by atoms with Crippen LogP contribution < -0.4 is 15.4 Å². The molecular weight excluding hydrogens is 804 g/mol. The summed E-state index contributed by atoms with van der Waals surface area (Å²) in [5.74, 6) is -2.93. The fraction of sp³-hybridized carbons (Fsp3) is 0.558. The number of ether oxygens (including phenoxy) is 4. The first-order valence-corrected chi connectivity index (χ1v) is 20.9. The van der Waals surface area contributed by atoms with Gasteiger partial charge in [0.1, 0.15) is 41.6 Å². The first-order valence-electron chi connectivity index (χ1n) is 20.9. The second kappa shape index (κ2) is 16.2. The Morgan fingerprint density at radius 3 is 2.33 bits per heavy atom. The minimum atomic E-state index is -4.81. The Labute approximate surface area is 349 Å². The molecule has 326 valence electrons. The summed E-state index contributed by atoms with van der Waals surface area (Å²) < 4.78 is 84.1. The molecule has 5 fully saturated rings. The number of nitrogens with one attached hydrogen (secondary N) is 2. The first-order chi connectivity index (χ1) is 29.3. The summed E-state index contributed by atoms with van der Waals surface area (Å²) in [5, 5.41) is 9.70. The van der Waals surface area contributed by atoms with Gasteiger partial charge < -0.3 is 39.4 Å². The van der Waals surface area contributed by atoms with Gasteiger partial charge in [0.15, 0.2) is 6.10 Å². The Balaban J connectivity index is 1.01. The molecule has 2 aromatic carbocycles. The van der Waals surface area contributed by atoms with E-state index in [1.54, 1.807) is 7.05 Å². The molecule has 0 bridgehead atoms. The average Bonchev–Trinajstić information content (AvgIpc) is 4.17. The number of amides is 4. The third kappa shape index (κ3) is 8.52. The Hall–Kier alpha value is -5.23. The predicted molar refractivity (Wildman–Crippen MR) is 207 cm³/mol. The number of hydrogen-bond donors (Lipinski definition) is 2. The van der Waals surface area contributed by atoms with Crippen LogP contribution in [-0.2, 0) is 37.5 Å². The molecule has 14 nitrogen and oxygen atoms in total. The lowest BCUT2D eigenvalue weighted by atomic mass is 9.79. The van der Waals surface area contributed by atoms with E-state index in [2.05, 4.69) is 15.7 Å². The quantitative estimate of drug-likeness (QED) is 0.237. The van der Waals surface area contributed by atoms with Crippen molar-refractivity contribution in [2.45, 2.75) is 87.6 Å². The number of morpholine rings is 1. The van der Waals surface area contributed by atoms with Crippen molar-refractivity contribution >= 4 is 29.5 Å². The zero-order valence-electron chi connectivity index (χ0n) is 33.6. The number of carbonyl (C=O) groups is 4. The number of piperidine rings is 1. The predicted octanol–water partition coefficient (Wildman–Crippen LogP) is 5.53. The molecule has 1 spiro atoms.